The smallest absolute Gasteiger partial charge is 0.156 e. The Bertz CT molecular complexity index is 571. The summed E-state index contributed by atoms with van der Waals surface area (Å²) >= 11 is 9.49. The van der Waals surface area contributed by atoms with Crippen LogP contribution in [-0.4, -0.2) is 16.7 Å². The molecular weight excluding hydrogens is 330 g/mol. The van der Waals surface area contributed by atoms with E-state index in [1.54, 1.807) is 7.11 Å². The second kappa shape index (κ2) is 6.30. The van der Waals surface area contributed by atoms with Gasteiger partial charge in [0, 0.05) is 17.8 Å². The summed E-state index contributed by atoms with van der Waals surface area (Å²) in [5.41, 5.74) is 1.96. The topological polar surface area (TPSA) is 39.1 Å². The summed E-state index contributed by atoms with van der Waals surface area (Å²) in [7, 11) is 1.63. The number of imidazole rings is 1. The Morgan fingerprint density at radius 2 is 2.26 bits per heavy atom. The lowest BCUT2D eigenvalue weighted by atomic mass is 10.3. The molecule has 1 N–H and O–H groups in total. The van der Waals surface area contributed by atoms with Crippen molar-refractivity contribution in [3.8, 4) is 5.75 Å². The number of aryl methyl sites for hydroxylation is 1. The number of nitrogens with one attached hydrogen (secondary N) is 1. The third-order valence-corrected chi connectivity index (χ3v) is 3.62. The molecule has 2 aromatic rings. The molecule has 1 heterocycles. The Hall–Kier alpha value is -1.20. The van der Waals surface area contributed by atoms with Crippen molar-refractivity contribution in [1.82, 2.24) is 9.55 Å². The van der Waals surface area contributed by atoms with E-state index < -0.39 is 0 Å². The van der Waals surface area contributed by atoms with Crippen LogP contribution in [0.4, 0.5) is 5.69 Å². The van der Waals surface area contributed by atoms with Crippen LogP contribution in [0.2, 0.25) is 5.02 Å². The summed E-state index contributed by atoms with van der Waals surface area (Å²) in [4.78, 5) is 4.14. The molecule has 0 aliphatic rings. The highest BCUT2D eigenvalue weighted by atomic mass is 79.9. The molecule has 0 fully saturated rings. The monoisotopic (exact) mass is 343 g/mol. The van der Waals surface area contributed by atoms with Gasteiger partial charge in [0.1, 0.15) is 0 Å². The molecular formula is C13H15BrClN3O. The van der Waals surface area contributed by atoms with Gasteiger partial charge in [-0.15, -0.1) is 0 Å². The normalized spacial score (nSPS) is 10.5. The first-order valence-corrected chi connectivity index (χ1v) is 7.08. The summed E-state index contributed by atoms with van der Waals surface area (Å²) in [6, 6.07) is 3.65. The number of rotatable bonds is 5. The van der Waals surface area contributed by atoms with Crippen molar-refractivity contribution in [3.63, 3.8) is 0 Å². The number of methoxy groups -OCH3 is 1. The average Bonchev–Trinajstić information content (AvgIpc) is 2.83. The van der Waals surface area contributed by atoms with E-state index in [4.69, 9.17) is 16.3 Å². The van der Waals surface area contributed by atoms with Gasteiger partial charge in [0.2, 0.25) is 0 Å². The third kappa shape index (κ3) is 3.22. The first kappa shape index (κ1) is 14.2. The largest absolute Gasteiger partial charge is 0.493 e. The first-order chi connectivity index (χ1) is 9.15. The maximum absolute atomic E-state index is 6.06. The zero-order valence-corrected chi connectivity index (χ0v) is 13.1. The molecule has 0 radical (unpaired) electrons. The van der Waals surface area contributed by atoms with Gasteiger partial charge in [-0.2, -0.15) is 0 Å². The van der Waals surface area contributed by atoms with Crippen molar-refractivity contribution >= 4 is 33.2 Å². The van der Waals surface area contributed by atoms with Crippen LogP contribution in [0, 0.1) is 0 Å². The minimum Gasteiger partial charge on any atom is -0.493 e. The van der Waals surface area contributed by atoms with E-state index >= 15 is 0 Å². The Labute approximate surface area is 125 Å². The number of aromatic nitrogens is 2. The predicted molar refractivity (Wildman–Crippen MR) is 80.9 cm³/mol. The molecule has 0 atom stereocenters. The van der Waals surface area contributed by atoms with Crippen molar-refractivity contribution in [2.75, 3.05) is 12.4 Å². The van der Waals surface area contributed by atoms with Crippen LogP contribution in [0.3, 0.4) is 0 Å². The van der Waals surface area contributed by atoms with Crippen molar-refractivity contribution in [3.05, 3.63) is 39.8 Å². The van der Waals surface area contributed by atoms with E-state index in [0.717, 1.165) is 28.1 Å². The average molecular weight is 345 g/mol. The summed E-state index contributed by atoms with van der Waals surface area (Å²) in [6.45, 7) is 3.64. The van der Waals surface area contributed by atoms with Crippen LogP contribution < -0.4 is 10.1 Å². The Morgan fingerprint density at radius 1 is 1.47 bits per heavy atom. The number of ether oxygens (including phenoxy) is 1. The standard InChI is InChI=1S/C13H15BrClN3O/c1-3-18-8-16-6-10(18)7-17-12-5-9(15)4-11(14)13(12)19-2/h4-6,8,17H,3,7H2,1-2H3. The van der Waals surface area contributed by atoms with Crippen LogP contribution in [0.1, 0.15) is 12.6 Å². The fourth-order valence-corrected chi connectivity index (χ4v) is 2.84. The van der Waals surface area contributed by atoms with Crippen LogP contribution >= 0.6 is 27.5 Å². The van der Waals surface area contributed by atoms with Crippen molar-refractivity contribution in [2.24, 2.45) is 0 Å². The highest BCUT2D eigenvalue weighted by molar-refractivity contribution is 9.10. The lowest BCUT2D eigenvalue weighted by Gasteiger charge is -2.14. The van der Waals surface area contributed by atoms with Crippen molar-refractivity contribution < 1.29 is 4.74 Å². The molecule has 2 rings (SSSR count). The molecule has 0 unspecified atom stereocenters. The fraction of sp³-hybridized carbons (Fsp3) is 0.308. The van der Waals surface area contributed by atoms with Gasteiger partial charge in [-0.1, -0.05) is 11.6 Å². The molecule has 6 heteroatoms. The predicted octanol–water partition coefficient (Wildman–Crippen LogP) is 3.94. The molecule has 102 valence electrons. The molecule has 1 aromatic carbocycles. The van der Waals surface area contributed by atoms with Gasteiger partial charge in [0.15, 0.2) is 5.75 Å². The molecule has 19 heavy (non-hydrogen) atoms. The molecule has 0 saturated carbocycles. The lowest BCUT2D eigenvalue weighted by Crippen LogP contribution is -2.07. The summed E-state index contributed by atoms with van der Waals surface area (Å²) in [6.07, 6.45) is 3.67. The van der Waals surface area contributed by atoms with Gasteiger partial charge in [0.25, 0.3) is 0 Å². The van der Waals surface area contributed by atoms with Gasteiger partial charge in [-0.3, -0.25) is 0 Å². The highest BCUT2D eigenvalue weighted by Crippen LogP contribution is 2.36. The molecule has 4 nitrogen and oxygen atoms in total. The van der Waals surface area contributed by atoms with E-state index in [9.17, 15) is 0 Å². The minimum atomic E-state index is 0.652. The molecule has 0 amide bonds. The van der Waals surface area contributed by atoms with E-state index in [0.29, 0.717) is 11.6 Å². The maximum atomic E-state index is 6.06. The van der Waals surface area contributed by atoms with Gasteiger partial charge in [-0.05, 0) is 35.0 Å². The molecule has 0 aliphatic carbocycles. The first-order valence-electron chi connectivity index (χ1n) is 5.91. The SMILES string of the molecule is CCn1cncc1CNc1cc(Cl)cc(Br)c1OC. The van der Waals surface area contributed by atoms with Crippen LogP contribution in [0.5, 0.6) is 5.75 Å². The van der Waals surface area contributed by atoms with Crippen LogP contribution in [0.15, 0.2) is 29.1 Å². The zero-order chi connectivity index (χ0) is 13.8. The Balaban J connectivity index is 2.19. The van der Waals surface area contributed by atoms with Crippen molar-refractivity contribution in [2.45, 2.75) is 20.0 Å². The van der Waals surface area contributed by atoms with E-state index in [2.05, 4.69) is 37.7 Å². The van der Waals surface area contributed by atoms with E-state index in [1.807, 2.05) is 24.7 Å². The Kier molecular flexibility index (Phi) is 4.71. The molecule has 0 aliphatic heterocycles. The second-order valence-electron chi connectivity index (χ2n) is 3.99. The lowest BCUT2D eigenvalue weighted by molar-refractivity contribution is 0.414. The molecule has 0 bridgehead atoms. The molecule has 0 saturated heterocycles. The van der Waals surface area contributed by atoms with Gasteiger partial charge < -0.3 is 14.6 Å². The van der Waals surface area contributed by atoms with Gasteiger partial charge >= 0.3 is 0 Å². The summed E-state index contributed by atoms with van der Waals surface area (Å²) in [5.74, 6) is 0.743. The number of halogens is 2. The fourth-order valence-electron chi connectivity index (χ4n) is 1.87. The summed E-state index contributed by atoms with van der Waals surface area (Å²) < 4.78 is 8.28. The van der Waals surface area contributed by atoms with E-state index in [-0.39, 0.29) is 0 Å². The van der Waals surface area contributed by atoms with Crippen molar-refractivity contribution in [1.29, 1.82) is 0 Å². The third-order valence-electron chi connectivity index (χ3n) is 2.81. The summed E-state index contributed by atoms with van der Waals surface area (Å²) in [5, 5.41) is 3.97. The Morgan fingerprint density at radius 3 is 2.95 bits per heavy atom. The highest BCUT2D eigenvalue weighted by Gasteiger charge is 2.10. The second-order valence-corrected chi connectivity index (χ2v) is 5.28. The van der Waals surface area contributed by atoms with E-state index in [1.165, 1.54) is 0 Å². The number of hydrogen-bond donors (Lipinski definition) is 1. The number of hydrogen-bond acceptors (Lipinski definition) is 3. The molecule has 0 spiro atoms. The number of anilines is 1. The number of benzene rings is 1. The van der Waals surface area contributed by atoms with Gasteiger partial charge in [0.05, 0.1) is 35.8 Å². The van der Waals surface area contributed by atoms with Gasteiger partial charge in [-0.25, -0.2) is 4.98 Å². The maximum Gasteiger partial charge on any atom is 0.156 e. The van der Waals surface area contributed by atoms with Crippen LogP contribution in [0.25, 0.3) is 0 Å². The quantitative estimate of drug-likeness (QED) is 0.893. The van der Waals surface area contributed by atoms with Crippen LogP contribution in [-0.2, 0) is 13.1 Å². The molecule has 1 aromatic heterocycles. The zero-order valence-electron chi connectivity index (χ0n) is 10.8. The number of nitrogens with zero attached hydrogens (tertiary/aromatic N) is 2. The minimum absolute atomic E-state index is 0.652.